The quantitative estimate of drug-likeness (QED) is 0.167. The van der Waals surface area contributed by atoms with Crippen LogP contribution in [0.15, 0.2) is 0 Å². The topological polar surface area (TPSA) is 27.7 Å². The van der Waals surface area contributed by atoms with Crippen LogP contribution in [0.2, 0.25) is 13.1 Å². The van der Waals surface area contributed by atoms with Crippen molar-refractivity contribution in [2.75, 3.05) is 19.8 Å². The van der Waals surface area contributed by atoms with Crippen molar-refractivity contribution in [2.24, 2.45) is 0 Å². The molecule has 4 heteroatoms. The van der Waals surface area contributed by atoms with Gasteiger partial charge in [0.15, 0.2) is 0 Å². The Morgan fingerprint density at radius 2 is 1.26 bits per heavy atom. The maximum Gasteiger partial charge on any atom is 0.331 e. The zero-order chi connectivity index (χ0) is 19.6. The number of hydrogen-bond acceptors (Lipinski definition) is 3. The van der Waals surface area contributed by atoms with E-state index in [1.54, 1.807) is 0 Å². The van der Waals surface area contributed by atoms with Gasteiger partial charge in [0.05, 0.1) is 12.7 Å². The van der Waals surface area contributed by atoms with Gasteiger partial charge in [0.25, 0.3) is 0 Å². The summed E-state index contributed by atoms with van der Waals surface area (Å²) in [6, 6.07) is 0. The second kappa shape index (κ2) is 17.0. The summed E-state index contributed by atoms with van der Waals surface area (Å²) in [6.07, 6.45) is 22.2. The van der Waals surface area contributed by atoms with Crippen LogP contribution in [-0.2, 0) is 13.6 Å². The maximum atomic E-state index is 6.06. The fraction of sp³-hybridized carbons (Fsp3) is 1.00. The summed E-state index contributed by atoms with van der Waals surface area (Å²) in [5, 5.41) is 0. The molecule has 0 bridgehead atoms. The first-order chi connectivity index (χ1) is 13.1. The average Bonchev–Trinajstić information content (AvgIpc) is 3.17. The number of ether oxygens (including phenoxy) is 1. The first kappa shape index (κ1) is 25.1. The van der Waals surface area contributed by atoms with Crippen molar-refractivity contribution >= 4 is 8.56 Å². The van der Waals surface area contributed by atoms with Crippen LogP contribution >= 0.6 is 0 Å². The van der Waals surface area contributed by atoms with Gasteiger partial charge in [-0.05, 0) is 32.4 Å². The average molecular weight is 401 g/mol. The molecular weight excluding hydrogens is 352 g/mol. The summed E-state index contributed by atoms with van der Waals surface area (Å²) in [5.41, 5.74) is 0. The Hall–Kier alpha value is 0.0969. The Balaban J connectivity index is 1.78. The van der Waals surface area contributed by atoms with Crippen LogP contribution in [0.1, 0.15) is 110 Å². The molecule has 0 radical (unpaired) electrons. The Kier molecular flexibility index (Phi) is 15.8. The summed E-state index contributed by atoms with van der Waals surface area (Å²) in [6.45, 7) is 9.09. The molecule has 1 fully saturated rings. The van der Waals surface area contributed by atoms with Gasteiger partial charge in [-0.2, -0.15) is 0 Å². The van der Waals surface area contributed by atoms with E-state index < -0.39 is 8.56 Å². The van der Waals surface area contributed by atoms with Gasteiger partial charge in [-0.25, -0.2) is 0 Å². The molecule has 1 rings (SSSR count). The molecule has 0 aliphatic carbocycles. The summed E-state index contributed by atoms with van der Waals surface area (Å²) in [5.74, 6) is 0. The second-order valence-electron chi connectivity index (χ2n) is 8.79. The molecule has 1 saturated heterocycles. The molecule has 1 aliphatic rings. The monoisotopic (exact) mass is 400 g/mol. The number of rotatable bonds is 19. The van der Waals surface area contributed by atoms with Crippen LogP contribution in [-0.4, -0.2) is 34.5 Å². The lowest BCUT2D eigenvalue weighted by molar-refractivity contribution is 0.0504. The highest BCUT2D eigenvalue weighted by molar-refractivity contribution is 6.64. The van der Waals surface area contributed by atoms with Crippen LogP contribution in [0.5, 0.6) is 0 Å². The molecule has 3 nitrogen and oxygen atoms in total. The van der Waals surface area contributed by atoms with Crippen molar-refractivity contribution in [1.82, 2.24) is 0 Å². The maximum absolute atomic E-state index is 6.06. The zero-order valence-corrected chi connectivity index (χ0v) is 19.7. The Morgan fingerprint density at radius 1 is 0.741 bits per heavy atom. The van der Waals surface area contributed by atoms with Gasteiger partial charge >= 0.3 is 8.56 Å². The molecule has 0 spiro atoms. The van der Waals surface area contributed by atoms with Crippen molar-refractivity contribution in [2.45, 2.75) is 129 Å². The van der Waals surface area contributed by atoms with Gasteiger partial charge in [0, 0.05) is 13.2 Å². The summed E-state index contributed by atoms with van der Waals surface area (Å²) >= 11 is 0. The van der Waals surface area contributed by atoms with E-state index >= 15 is 0 Å². The van der Waals surface area contributed by atoms with Gasteiger partial charge in [0.2, 0.25) is 0 Å². The molecule has 0 aromatic heterocycles. The normalized spacial score (nSPS) is 17.7. The SMILES string of the molecule is CCCCCCCCCCCCCCCCO[Si](C)(C)OCC1CCCO1. The highest BCUT2D eigenvalue weighted by Crippen LogP contribution is 2.16. The van der Waals surface area contributed by atoms with Crippen LogP contribution in [0.3, 0.4) is 0 Å². The van der Waals surface area contributed by atoms with Crippen LogP contribution in [0.25, 0.3) is 0 Å². The predicted molar refractivity (Wildman–Crippen MR) is 119 cm³/mol. The molecule has 1 atom stereocenters. The van der Waals surface area contributed by atoms with Crippen molar-refractivity contribution in [3.63, 3.8) is 0 Å². The third-order valence-electron chi connectivity index (χ3n) is 5.59. The van der Waals surface area contributed by atoms with E-state index in [9.17, 15) is 0 Å². The van der Waals surface area contributed by atoms with E-state index in [1.807, 2.05) is 0 Å². The molecule has 0 amide bonds. The van der Waals surface area contributed by atoms with Crippen molar-refractivity contribution in [1.29, 1.82) is 0 Å². The number of unbranched alkanes of at least 4 members (excludes halogenated alkanes) is 13. The number of hydrogen-bond donors (Lipinski definition) is 0. The Morgan fingerprint density at radius 3 is 1.74 bits per heavy atom. The Bertz CT molecular complexity index is 317. The highest BCUT2D eigenvalue weighted by atomic mass is 28.4. The molecule has 0 aromatic rings. The zero-order valence-electron chi connectivity index (χ0n) is 18.7. The summed E-state index contributed by atoms with van der Waals surface area (Å²) < 4.78 is 17.7. The molecule has 0 saturated carbocycles. The van der Waals surface area contributed by atoms with E-state index in [1.165, 1.54) is 96.3 Å². The minimum atomic E-state index is -1.96. The van der Waals surface area contributed by atoms with Gasteiger partial charge in [0.1, 0.15) is 0 Å². The third-order valence-corrected chi connectivity index (χ3v) is 7.35. The smallest absolute Gasteiger partial charge is 0.331 e. The lowest BCUT2D eigenvalue weighted by Crippen LogP contribution is -2.37. The van der Waals surface area contributed by atoms with Crippen LogP contribution < -0.4 is 0 Å². The van der Waals surface area contributed by atoms with E-state index in [0.29, 0.717) is 6.10 Å². The van der Waals surface area contributed by atoms with Gasteiger partial charge in [-0.1, -0.05) is 90.4 Å². The molecule has 1 unspecified atom stereocenters. The first-order valence-corrected chi connectivity index (χ1v) is 14.9. The predicted octanol–water partition coefficient (Wildman–Crippen LogP) is 7.38. The van der Waals surface area contributed by atoms with E-state index in [-0.39, 0.29) is 0 Å². The molecule has 27 heavy (non-hydrogen) atoms. The van der Waals surface area contributed by atoms with Gasteiger partial charge in [-0.3, -0.25) is 0 Å². The standard InChI is InChI=1S/C23H48O3Si/c1-4-5-6-7-8-9-10-11-12-13-14-15-16-17-21-25-27(2,3)26-22-23-19-18-20-24-23/h23H,4-22H2,1-3H3. The second-order valence-corrected chi connectivity index (χ2v) is 12.2. The Labute approximate surface area is 171 Å². The molecule has 0 aromatic carbocycles. The summed E-state index contributed by atoms with van der Waals surface area (Å²) in [4.78, 5) is 0. The lowest BCUT2D eigenvalue weighted by Gasteiger charge is -2.24. The fourth-order valence-corrected chi connectivity index (χ4v) is 5.03. The van der Waals surface area contributed by atoms with Crippen molar-refractivity contribution in [3.05, 3.63) is 0 Å². The largest absolute Gasteiger partial charge is 0.395 e. The molecule has 1 aliphatic heterocycles. The van der Waals surface area contributed by atoms with E-state index in [0.717, 1.165) is 26.2 Å². The first-order valence-electron chi connectivity index (χ1n) is 12.0. The van der Waals surface area contributed by atoms with Crippen molar-refractivity contribution in [3.8, 4) is 0 Å². The van der Waals surface area contributed by atoms with E-state index in [2.05, 4.69) is 20.0 Å². The molecule has 0 N–H and O–H groups in total. The third kappa shape index (κ3) is 15.7. The van der Waals surface area contributed by atoms with Crippen LogP contribution in [0, 0.1) is 0 Å². The van der Waals surface area contributed by atoms with Crippen LogP contribution in [0.4, 0.5) is 0 Å². The van der Waals surface area contributed by atoms with Crippen molar-refractivity contribution < 1.29 is 13.6 Å². The van der Waals surface area contributed by atoms with Gasteiger partial charge in [-0.15, -0.1) is 0 Å². The lowest BCUT2D eigenvalue weighted by atomic mass is 10.0. The van der Waals surface area contributed by atoms with Gasteiger partial charge < -0.3 is 13.6 Å². The minimum absolute atomic E-state index is 0.307. The summed E-state index contributed by atoms with van der Waals surface area (Å²) in [7, 11) is -1.96. The molecule has 162 valence electrons. The minimum Gasteiger partial charge on any atom is -0.395 e. The molecular formula is C23H48O3Si. The highest BCUT2D eigenvalue weighted by Gasteiger charge is 2.27. The fourth-order valence-electron chi connectivity index (χ4n) is 3.73. The molecule has 1 heterocycles. The van der Waals surface area contributed by atoms with E-state index in [4.69, 9.17) is 13.6 Å².